The quantitative estimate of drug-likeness (QED) is 0.528. The summed E-state index contributed by atoms with van der Waals surface area (Å²) in [6.07, 6.45) is 7.79. The number of allylic oxidation sites excluding steroid dienone is 2. The average molecular weight is 230 g/mol. The van der Waals surface area contributed by atoms with Crippen LogP contribution in [0.4, 0.5) is 0 Å². The Morgan fingerprint density at radius 2 is 1.40 bits per heavy atom. The van der Waals surface area contributed by atoms with Crippen LogP contribution in [0.15, 0.2) is 11.0 Å². The highest BCUT2D eigenvalue weighted by atomic mass is 32.3. The van der Waals surface area contributed by atoms with Crippen LogP contribution in [-0.2, 0) is 0 Å². The van der Waals surface area contributed by atoms with Crippen molar-refractivity contribution < 1.29 is 0 Å². The number of rotatable bonds is 8. The maximum absolute atomic E-state index is 2.56. The molecule has 0 atom stereocenters. The van der Waals surface area contributed by atoms with Crippen LogP contribution in [0.3, 0.4) is 0 Å². The fraction of sp³-hybridized carbons (Fsp3) is 0.857. The minimum absolute atomic E-state index is 0.424. The van der Waals surface area contributed by atoms with Gasteiger partial charge in [-0.15, -0.1) is 0 Å². The highest BCUT2D eigenvalue weighted by Crippen LogP contribution is 2.56. The van der Waals surface area contributed by atoms with Crippen molar-refractivity contribution in [3.05, 3.63) is 11.0 Å². The van der Waals surface area contributed by atoms with E-state index in [1.807, 2.05) is 4.91 Å². The molecule has 0 spiro atoms. The van der Waals surface area contributed by atoms with E-state index < -0.39 is 10.0 Å². The molecule has 0 saturated heterocycles. The minimum atomic E-state index is -0.424. The van der Waals surface area contributed by atoms with Crippen molar-refractivity contribution in [2.45, 2.75) is 60.3 Å². The molecule has 92 valence electrons. The number of unbranched alkanes of at least 4 members (excludes halogenated alkanes) is 1. The van der Waals surface area contributed by atoms with Crippen molar-refractivity contribution in [3.63, 3.8) is 0 Å². The van der Waals surface area contributed by atoms with Gasteiger partial charge in [-0.1, -0.05) is 53.5 Å². The van der Waals surface area contributed by atoms with Gasteiger partial charge in [0.05, 0.1) is 0 Å². The molecule has 0 amide bonds. The van der Waals surface area contributed by atoms with Crippen LogP contribution in [0, 0.1) is 0 Å². The molecule has 0 heterocycles. The predicted octanol–water partition coefficient (Wildman–Crippen LogP) is 5.33. The van der Waals surface area contributed by atoms with Gasteiger partial charge in [0.2, 0.25) is 0 Å². The fourth-order valence-corrected chi connectivity index (χ4v) is 5.66. The molecule has 0 aliphatic carbocycles. The normalized spacial score (nSPS) is 14.3. The van der Waals surface area contributed by atoms with E-state index >= 15 is 0 Å². The molecule has 0 aliphatic heterocycles. The van der Waals surface area contributed by atoms with Gasteiger partial charge in [0.25, 0.3) is 0 Å². The van der Waals surface area contributed by atoms with Crippen molar-refractivity contribution in [2.24, 2.45) is 0 Å². The summed E-state index contributed by atoms with van der Waals surface area (Å²) >= 11 is 0. The third kappa shape index (κ3) is 4.22. The minimum Gasteiger partial charge on any atom is -0.219 e. The molecule has 0 aliphatic rings. The van der Waals surface area contributed by atoms with Gasteiger partial charge < -0.3 is 0 Å². The summed E-state index contributed by atoms with van der Waals surface area (Å²) in [6.45, 7) is 11.7. The van der Waals surface area contributed by atoms with Crippen molar-refractivity contribution in [3.8, 4) is 0 Å². The molecule has 0 saturated carbocycles. The lowest BCUT2D eigenvalue weighted by atomic mass is 10.2. The van der Waals surface area contributed by atoms with Crippen LogP contribution >= 0.6 is 10.0 Å². The van der Waals surface area contributed by atoms with E-state index in [0.29, 0.717) is 0 Å². The SMILES string of the molecule is CCC/C=C(\CCC)S(CC)(CC)CC. The van der Waals surface area contributed by atoms with Gasteiger partial charge in [0.1, 0.15) is 0 Å². The maximum Gasteiger partial charge on any atom is -0.0220 e. The van der Waals surface area contributed by atoms with E-state index in [1.165, 1.54) is 42.9 Å². The topological polar surface area (TPSA) is 0 Å². The molecular formula is C14H30S. The Morgan fingerprint density at radius 3 is 1.73 bits per heavy atom. The Labute approximate surface area is 98.9 Å². The van der Waals surface area contributed by atoms with Gasteiger partial charge >= 0.3 is 0 Å². The zero-order valence-corrected chi connectivity index (χ0v) is 12.3. The standard InChI is InChI=1S/C14H30S/c1-6-11-13-14(12-7-2)15(8-3,9-4)10-5/h13H,6-12H2,1-5H3/b14-13+. The van der Waals surface area contributed by atoms with Crippen LogP contribution in [0.2, 0.25) is 0 Å². The third-order valence-corrected chi connectivity index (χ3v) is 8.17. The highest BCUT2D eigenvalue weighted by Gasteiger charge is 2.21. The van der Waals surface area contributed by atoms with E-state index in [9.17, 15) is 0 Å². The lowest BCUT2D eigenvalue weighted by molar-refractivity contribution is 0.908. The van der Waals surface area contributed by atoms with Crippen molar-refractivity contribution in [1.29, 1.82) is 0 Å². The van der Waals surface area contributed by atoms with E-state index in [0.717, 1.165) is 0 Å². The summed E-state index contributed by atoms with van der Waals surface area (Å²) in [5, 5.41) is 0. The molecule has 0 fully saturated rings. The molecular weight excluding hydrogens is 200 g/mol. The van der Waals surface area contributed by atoms with Crippen molar-refractivity contribution >= 4 is 10.0 Å². The van der Waals surface area contributed by atoms with Crippen LogP contribution in [0.25, 0.3) is 0 Å². The Hall–Kier alpha value is 0.0900. The Kier molecular flexibility index (Phi) is 8.32. The van der Waals surface area contributed by atoms with Crippen molar-refractivity contribution in [1.82, 2.24) is 0 Å². The smallest absolute Gasteiger partial charge is 0.0220 e. The second-order valence-corrected chi connectivity index (χ2v) is 8.47. The van der Waals surface area contributed by atoms with Gasteiger partial charge in [-0.05, 0) is 35.0 Å². The molecule has 0 N–H and O–H groups in total. The van der Waals surface area contributed by atoms with Gasteiger partial charge in [-0.25, -0.2) is 10.0 Å². The summed E-state index contributed by atoms with van der Waals surface area (Å²) < 4.78 is 0. The number of hydrogen-bond acceptors (Lipinski definition) is 0. The van der Waals surface area contributed by atoms with E-state index in [2.05, 4.69) is 40.7 Å². The first-order valence-electron chi connectivity index (χ1n) is 6.66. The summed E-state index contributed by atoms with van der Waals surface area (Å²) in [5.41, 5.74) is 0. The second kappa shape index (κ2) is 8.27. The maximum atomic E-state index is 2.56. The highest BCUT2D eigenvalue weighted by molar-refractivity contribution is 8.36. The zero-order valence-electron chi connectivity index (χ0n) is 11.4. The van der Waals surface area contributed by atoms with Gasteiger partial charge in [-0.2, -0.15) is 0 Å². The van der Waals surface area contributed by atoms with E-state index in [4.69, 9.17) is 0 Å². The molecule has 0 aromatic heterocycles. The Bertz CT molecular complexity index is 170. The predicted molar refractivity (Wildman–Crippen MR) is 77.1 cm³/mol. The molecule has 0 unspecified atom stereocenters. The summed E-state index contributed by atoms with van der Waals surface area (Å²) in [6, 6.07) is 0. The van der Waals surface area contributed by atoms with Gasteiger partial charge in [0.15, 0.2) is 0 Å². The molecule has 0 rings (SSSR count). The Morgan fingerprint density at radius 1 is 0.867 bits per heavy atom. The largest absolute Gasteiger partial charge is 0.219 e. The summed E-state index contributed by atoms with van der Waals surface area (Å²) in [5.74, 6) is 4.15. The number of hydrogen-bond donors (Lipinski definition) is 0. The first kappa shape index (κ1) is 15.1. The van der Waals surface area contributed by atoms with Crippen molar-refractivity contribution in [2.75, 3.05) is 17.3 Å². The first-order valence-corrected chi connectivity index (χ1v) is 8.80. The van der Waals surface area contributed by atoms with Crippen LogP contribution in [0.5, 0.6) is 0 Å². The molecule has 0 radical (unpaired) electrons. The average Bonchev–Trinajstić information content (AvgIpc) is 2.28. The van der Waals surface area contributed by atoms with E-state index in [1.54, 1.807) is 0 Å². The second-order valence-electron chi connectivity index (χ2n) is 4.12. The monoisotopic (exact) mass is 230 g/mol. The van der Waals surface area contributed by atoms with Gasteiger partial charge in [0, 0.05) is 0 Å². The van der Waals surface area contributed by atoms with Gasteiger partial charge in [-0.3, -0.25) is 0 Å². The summed E-state index contributed by atoms with van der Waals surface area (Å²) in [7, 11) is -0.424. The lowest BCUT2D eigenvalue weighted by Crippen LogP contribution is -2.11. The molecule has 1 heteroatoms. The summed E-state index contributed by atoms with van der Waals surface area (Å²) in [4.78, 5) is 1.82. The molecule has 0 aromatic rings. The molecule has 15 heavy (non-hydrogen) atoms. The zero-order chi connectivity index (χ0) is 11.7. The molecule has 0 aromatic carbocycles. The molecule has 0 bridgehead atoms. The third-order valence-electron chi connectivity index (χ3n) is 3.37. The van der Waals surface area contributed by atoms with Crippen LogP contribution < -0.4 is 0 Å². The Balaban J connectivity index is 4.81. The van der Waals surface area contributed by atoms with E-state index in [-0.39, 0.29) is 0 Å². The fourth-order valence-electron chi connectivity index (χ4n) is 2.22. The molecule has 0 nitrogen and oxygen atoms in total. The lowest BCUT2D eigenvalue weighted by Gasteiger charge is -2.40. The first-order chi connectivity index (χ1) is 7.20. The van der Waals surface area contributed by atoms with Crippen LogP contribution in [-0.4, -0.2) is 17.3 Å². The van der Waals surface area contributed by atoms with Crippen LogP contribution in [0.1, 0.15) is 60.3 Å².